The van der Waals surface area contributed by atoms with E-state index in [0.717, 1.165) is 5.56 Å². The van der Waals surface area contributed by atoms with Gasteiger partial charge in [0.2, 0.25) is 5.91 Å². The molecule has 100 valence electrons. The monoisotopic (exact) mass is 274 g/mol. The molecule has 2 rings (SSSR count). The fraction of sp³-hybridized carbons (Fsp3) is 0.267. The van der Waals surface area contributed by atoms with Crippen molar-refractivity contribution in [2.24, 2.45) is 0 Å². The van der Waals surface area contributed by atoms with Gasteiger partial charge >= 0.3 is 0 Å². The Morgan fingerprint density at radius 1 is 1.21 bits per heavy atom. The maximum atomic E-state index is 11.7. The lowest BCUT2D eigenvalue weighted by atomic mass is 10.2. The lowest BCUT2D eigenvalue weighted by molar-refractivity contribution is -0.120. The summed E-state index contributed by atoms with van der Waals surface area (Å²) in [5.41, 5.74) is 1.11. The molecule has 0 aliphatic heterocycles. The van der Waals surface area contributed by atoms with Gasteiger partial charge < -0.3 is 10.6 Å². The van der Waals surface area contributed by atoms with Crippen LogP contribution in [0.25, 0.3) is 0 Å². The Balaban J connectivity index is 1.70. The highest BCUT2D eigenvalue weighted by molar-refractivity contribution is 7.10. The maximum absolute atomic E-state index is 11.7. The number of carbonyl (C=O) groups is 1. The number of amides is 1. The van der Waals surface area contributed by atoms with Gasteiger partial charge in [-0.05, 0) is 23.9 Å². The summed E-state index contributed by atoms with van der Waals surface area (Å²) in [7, 11) is 0. The average Bonchev–Trinajstić information content (AvgIpc) is 2.98. The topological polar surface area (TPSA) is 41.1 Å². The molecular formula is C15H18N2OS. The van der Waals surface area contributed by atoms with Gasteiger partial charge in [-0.1, -0.05) is 36.4 Å². The van der Waals surface area contributed by atoms with E-state index in [1.165, 1.54) is 4.88 Å². The highest BCUT2D eigenvalue weighted by Gasteiger charge is 2.07. The van der Waals surface area contributed by atoms with Crippen LogP contribution in [0.5, 0.6) is 0 Å². The van der Waals surface area contributed by atoms with Gasteiger partial charge in [0.25, 0.3) is 0 Å². The van der Waals surface area contributed by atoms with Crippen molar-refractivity contribution in [3.8, 4) is 0 Å². The van der Waals surface area contributed by atoms with Gasteiger partial charge in [-0.2, -0.15) is 0 Å². The first-order chi connectivity index (χ1) is 9.25. The Labute approximate surface area is 117 Å². The Bertz CT molecular complexity index is 496. The number of benzene rings is 1. The van der Waals surface area contributed by atoms with Crippen molar-refractivity contribution in [2.45, 2.75) is 19.5 Å². The number of hydrogen-bond acceptors (Lipinski definition) is 3. The van der Waals surface area contributed by atoms with Crippen LogP contribution in [0.3, 0.4) is 0 Å². The molecule has 1 heterocycles. The van der Waals surface area contributed by atoms with E-state index in [1.54, 1.807) is 11.3 Å². The van der Waals surface area contributed by atoms with Crippen LogP contribution in [0.4, 0.5) is 0 Å². The zero-order valence-corrected chi connectivity index (χ0v) is 11.7. The van der Waals surface area contributed by atoms with Gasteiger partial charge in [-0.25, -0.2) is 0 Å². The smallest absolute Gasteiger partial charge is 0.234 e. The predicted octanol–water partition coefficient (Wildman–Crippen LogP) is 2.72. The minimum Gasteiger partial charge on any atom is -0.351 e. The summed E-state index contributed by atoms with van der Waals surface area (Å²) >= 11 is 1.70. The first-order valence-corrected chi connectivity index (χ1v) is 7.21. The van der Waals surface area contributed by atoms with E-state index in [2.05, 4.69) is 23.6 Å². The molecule has 0 aliphatic carbocycles. The molecule has 0 fully saturated rings. The summed E-state index contributed by atoms with van der Waals surface area (Å²) in [6, 6.07) is 14.2. The molecule has 0 aliphatic rings. The molecule has 1 unspecified atom stereocenters. The second-order valence-electron chi connectivity index (χ2n) is 4.38. The van der Waals surface area contributed by atoms with Crippen LogP contribution in [0, 0.1) is 0 Å². The number of thiophene rings is 1. The van der Waals surface area contributed by atoms with Gasteiger partial charge in [0.05, 0.1) is 6.54 Å². The summed E-state index contributed by atoms with van der Waals surface area (Å²) in [5, 5.41) is 8.17. The van der Waals surface area contributed by atoms with E-state index in [9.17, 15) is 4.79 Å². The quantitative estimate of drug-likeness (QED) is 0.850. The van der Waals surface area contributed by atoms with Crippen molar-refractivity contribution in [3.05, 3.63) is 58.3 Å². The molecule has 4 heteroatoms. The zero-order valence-electron chi connectivity index (χ0n) is 10.9. The number of hydrogen-bond donors (Lipinski definition) is 2. The fourth-order valence-corrected chi connectivity index (χ4v) is 2.50. The Morgan fingerprint density at radius 3 is 2.68 bits per heavy atom. The molecule has 1 aromatic heterocycles. The van der Waals surface area contributed by atoms with Crippen molar-refractivity contribution in [3.63, 3.8) is 0 Å². The van der Waals surface area contributed by atoms with E-state index in [4.69, 9.17) is 0 Å². The molecule has 0 spiro atoms. The van der Waals surface area contributed by atoms with E-state index < -0.39 is 0 Å². The molecule has 0 saturated heterocycles. The largest absolute Gasteiger partial charge is 0.351 e. The van der Waals surface area contributed by atoms with E-state index in [0.29, 0.717) is 13.1 Å². The van der Waals surface area contributed by atoms with Gasteiger partial charge in [-0.15, -0.1) is 11.3 Å². The summed E-state index contributed by atoms with van der Waals surface area (Å²) in [4.78, 5) is 13.0. The standard InChI is InChI=1S/C15H18N2OS/c1-12(14-8-5-9-19-14)16-11-15(18)17-10-13-6-3-2-4-7-13/h2-9,12,16H,10-11H2,1H3,(H,17,18). The van der Waals surface area contributed by atoms with E-state index in [1.807, 2.05) is 41.8 Å². The summed E-state index contributed by atoms with van der Waals surface area (Å²) < 4.78 is 0. The molecule has 19 heavy (non-hydrogen) atoms. The summed E-state index contributed by atoms with van der Waals surface area (Å²) in [6.45, 7) is 2.98. The molecule has 3 nitrogen and oxygen atoms in total. The third-order valence-corrected chi connectivity index (χ3v) is 3.93. The third kappa shape index (κ3) is 4.50. The van der Waals surface area contributed by atoms with Crippen LogP contribution in [-0.2, 0) is 11.3 Å². The molecule has 0 saturated carbocycles. The molecule has 2 aromatic rings. The van der Waals surface area contributed by atoms with E-state index >= 15 is 0 Å². The van der Waals surface area contributed by atoms with Crippen LogP contribution in [-0.4, -0.2) is 12.5 Å². The zero-order chi connectivity index (χ0) is 13.5. The van der Waals surface area contributed by atoms with Gasteiger partial charge in [0, 0.05) is 17.5 Å². The van der Waals surface area contributed by atoms with Gasteiger partial charge in [0.1, 0.15) is 0 Å². The van der Waals surface area contributed by atoms with Crippen LogP contribution in [0.1, 0.15) is 23.4 Å². The van der Waals surface area contributed by atoms with Crippen molar-refractivity contribution in [1.29, 1.82) is 0 Å². The molecule has 1 aromatic carbocycles. The SMILES string of the molecule is CC(NCC(=O)NCc1ccccc1)c1cccs1. The minimum absolute atomic E-state index is 0.0206. The van der Waals surface area contributed by atoms with Crippen LogP contribution in [0.15, 0.2) is 47.8 Å². The molecule has 1 amide bonds. The van der Waals surface area contributed by atoms with Crippen LogP contribution >= 0.6 is 11.3 Å². The molecule has 0 radical (unpaired) electrons. The Morgan fingerprint density at radius 2 is 2.00 bits per heavy atom. The fourth-order valence-electron chi connectivity index (χ4n) is 1.74. The van der Waals surface area contributed by atoms with Gasteiger partial charge in [-0.3, -0.25) is 4.79 Å². The summed E-state index contributed by atoms with van der Waals surface area (Å²) in [6.07, 6.45) is 0. The molecule has 0 bridgehead atoms. The maximum Gasteiger partial charge on any atom is 0.234 e. The van der Waals surface area contributed by atoms with E-state index in [-0.39, 0.29) is 11.9 Å². The second-order valence-corrected chi connectivity index (χ2v) is 5.36. The van der Waals surface area contributed by atoms with Crippen molar-refractivity contribution in [2.75, 3.05) is 6.54 Å². The van der Waals surface area contributed by atoms with Crippen molar-refractivity contribution in [1.82, 2.24) is 10.6 Å². The number of nitrogens with one attached hydrogen (secondary N) is 2. The normalized spacial score (nSPS) is 12.1. The Hall–Kier alpha value is -1.65. The molecular weight excluding hydrogens is 256 g/mol. The van der Waals surface area contributed by atoms with Crippen molar-refractivity contribution >= 4 is 17.2 Å². The first-order valence-electron chi connectivity index (χ1n) is 6.33. The van der Waals surface area contributed by atoms with Crippen molar-refractivity contribution < 1.29 is 4.79 Å². The predicted molar refractivity (Wildman–Crippen MR) is 79.0 cm³/mol. The lowest BCUT2D eigenvalue weighted by Crippen LogP contribution is -2.34. The number of rotatable bonds is 6. The first kappa shape index (κ1) is 13.8. The molecule has 1 atom stereocenters. The van der Waals surface area contributed by atoms with Gasteiger partial charge in [0.15, 0.2) is 0 Å². The highest BCUT2D eigenvalue weighted by Crippen LogP contribution is 2.17. The minimum atomic E-state index is 0.0206. The lowest BCUT2D eigenvalue weighted by Gasteiger charge is -2.12. The number of carbonyl (C=O) groups excluding carboxylic acids is 1. The Kier molecular flexibility index (Phi) is 5.12. The van der Waals surface area contributed by atoms with Crippen LogP contribution < -0.4 is 10.6 Å². The average molecular weight is 274 g/mol. The molecule has 2 N–H and O–H groups in total. The second kappa shape index (κ2) is 7.07. The summed E-state index contributed by atoms with van der Waals surface area (Å²) in [5.74, 6) is 0.0206. The third-order valence-electron chi connectivity index (χ3n) is 2.87. The van der Waals surface area contributed by atoms with Crippen LogP contribution in [0.2, 0.25) is 0 Å². The highest BCUT2D eigenvalue weighted by atomic mass is 32.1.